The highest BCUT2D eigenvalue weighted by molar-refractivity contribution is 7.89. The van der Waals surface area contributed by atoms with Crippen molar-refractivity contribution in [2.24, 2.45) is 5.41 Å². The molecular formula is C15H25N3O2S. The summed E-state index contributed by atoms with van der Waals surface area (Å²) in [4.78, 5) is 0.233. The third-order valence-electron chi connectivity index (χ3n) is 4.17. The molecule has 0 radical (unpaired) electrons. The molecular weight excluding hydrogens is 286 g/mol. The van der Waals surface area contributed by atoms with Crippen molar-refractivity contribution in [3.8, 4) is 0 Å². The van der Waals surface area contributed by atoms with E-state index in [1.54, 1.807) is 12.1 Å². The molecule has 1 saturated carbocycles. The number of hydrogen-bond donors (Lipinski definition) is 3. The van der Waals surface area contributed by atoms with E-state index in [1.165, 1.54) is 26.0 Å². The zero-order chi connectivity index (χ0) is 15.7. The number of benzene rings is 1. The predicted molar refractivity (Wildman–Crippen MR) is 86.8 cm³/mol. The van der Waals surface area contributed by atoms with Gasteiger partial charge >= 0.3 is 0 Å². The Kier molecular flexibility index (Phi) is 4.49. The van der Waals surface area contributed by atoms with E-state index in [9.17, 15) is 8.42 Å². The summed E-state index contributed by atoms with van der Waals surface area (Å²) in [6, 6.07) is 5.11. The maximum Gasteiger partial charge on any atom is 0.240 e. The van der Waals surface area contributed by atoms with Crippen molar-refractivity contribution in [3.05, 3.63) is 18.2 Å². The Morgan fingerprint density at radius 3 is 2.67 bits per heavy atom. The van der Waals surface area contributed by atoms with Crippen LogP contribution in [-0.2, 0) is 10.0 Å². The molecule has 6 heteroatoms. The molecule has 1 aromatic carbocycles. The van der Waals surface area contributed by atoms with Gasteiger partial charge in [0.15, 0.2) is 0 Å². The summed E-state index contributed by atoms with van der Waals surface area (Å²) in [6.07, 6.45) is 4.56. The summed E-state index contributed by atoms with van der Waals surface area (Å²) in [5.41, 5.74) is 7.58. The van der Waals surface area contributed by atoms with Gasteiger partial charge in [0, 0.05) is 6.04 Å². The number of hydrogen-bond acceptors (Lipinski definition) is 4. The van der Waals surface area contributed by atoms with Crippen molar-refractivity contribution < 1.29 is 8.42 Å². The first-order valence-corrected chi connectivity index (χ1v) is 8.81. The zero-order valence-electron chi connectivity index (χ0n) is 12.9. The minimum absolute atomic E-state index is 0.233. The van der Waals surface area contributed by atoms with Crippen molar-refractivity contribution in [2.75, 3.05) is 18.1 Å². The topological polar surface area (TPSA) is 84.2 Å². The van der Waals surface area contributed by atoms with Gasteiger partial charge in [-0.2, -0.15) is 0 Å². The fourth-order valence-electron chi connectivity index (χ4n) is 2.99. The van der Waals surface area contributed by atoms with Crippen LogP contribution in [0.3, 0.4) is 0 Å². The highest BCUT2D eigenvalue weighted by atomic mass is 32.2. The van der Waals surface area contributed by atoms with Gasteiger partial charge in [0.05, 0.1) is 16.3 Å². The fraction of sp³-hybridized carbons (Fsp3) is 0.600. The molecule has 118 valence electrons. The van der Waals surface area contributed by atoms with E-state index in [4.69, 9.17) is 5.73 Å². The SMILES string of the molecule is CNS(=O)(=O)c1ccc(N)c(NC2CCCC(C)(C)C2)c1. The van der Waals surface area contributed by atoms with Crippen molar-refractivity contribution in [1.29, 1.82) is 0 Å². The van der Waals surface area contributed by atoms with Crippen molar-refractivity contribution in [3.63, 3.8) is 0 Å². The molecule has 1 unspecified atom stereocenters. The molecule has 21 heavy (non-hydrogen) atoms. The molecule has 0 aliphatic heterocycles. The number of nitrogens with two attached hydrogens (primary N) is 1. The van der Waals surface area contributed by atoms with E-state index in [0.29, 0.717) is 22.8 Å². The molecule has 1 fully saturated rings. The van der Waals surface area contributed by atoms with Gasteiger partial charge < -0.3 is 11.1 Å². The lowest BCUT2D eigenvalue weighted by atomic mass is 9.75. The van der Waals surface area contributed by atoms with Gasteiger partial charge in [-0.05, 0) is 49.9 Å². The molecule has 0 heterocycles. The Balaban J connectivity index is 2.22. The van der Waals surface area contributed by atoms with Crippen molar-refractivity contribution >= 4 is 21.4 Å². The predicted octanol–water partition coefficient (Wildman–Crippen LogP) is 2.56. The average molecular weight is 311 g/mol. The van der Waals surface area contributed by atoms with E-state index in [-0.39, 0.29) is 4.90 Å². The Bertz CT molecular complexity index is 611. The van der Waals surface area contributed by atoms with E-state index < -0.39 is 10.0 Å². The maximum absolute atomic E-state index is 11.9. The lowest BCUT2D eigenvalue weighted by Gasteiger charge is -2.36. The van der Waals surface area contributed by atoms with Crippen LogP contribution in [0.2, 0.25) is 0 Å². The first-order valence-electron chi connectivity index (χ1n) is 7.33. The summed E-state index contributed by atoms with van der Waals surface area (Å²) >= 11 is 0. The molecule has 2 rings (SSSR count). The third kappa shape index (κ3) is 3.89. The molecule has 0 amide bonds. The van der Waals surface area contributed by atoms with Crippen LogP contribution in [0.4, 0.5) is 11.4 Å². The lowest BCUT2D eigenvalue weighted by molar-refractivity contribution is 0.229. The fourth-order valence-corrected chi connectivity index (χ4v) is 3.74. The van der Waals surface area contributed by atoms with E-state index in [0.717, 1.165) is 12.8 Å². The van der Waals surface area contributed by atoms with Crippen LogP contribution in [0.1, 0.15) is 39.5 Å². The standard InChI is InChI=1S/C15H25N3O2S/c1-15(2)8-4-5-11(10-15)18-14-9-12(6-7-13(14)16)21(19,20)17-3/h6-7,9,11,17-18H,4-5,8,10,16H2,1-3H3. The number of anilines is 2. The quantitative estimate of drug-likeness (QED) is 0.746. The second kappa shape index (κ2) is 5.85. The number of nitrogens with one attached hydrogen (secondary N) is 2. The Labute approximate surface area is 127 Å². The van der Waals surface area contributed by atoms with Gasteiger partial charge in [0.25, 0.3) is 0 Å². The van der Waals surface area contributed by atoms with Gasteiger partial charge in [-0.15, -0.1) is 0 Å². The van der Waals surface area contributed by atoms with Crippen LogP contribution in [0.25, 0.3) is 0 Å². The van der Waals surface area contributed by atoms with Crippen LogP contribution in [0.5, 0.6) is 0 Å². The Morgan fingerprint density at radius 2 is 2.05 bits per heavy atom. The first kappa shape index (κ1) is 16.1. The van der Waals surface area contributed by atoms with Gasteiger partial charge in [-0.3, -0.25) is 0 Å². The zero-order valence-corrected chi connectivity index (χ0v) is 13.8. The number of rotatable bonds is 4. The molecule has 1 aromatic rings. The molecule has 0 spiro atoms. The lowest BCUT2D eigenvalue weighted by Crippen LogP contribution is -2.32. The van der Waals surface area contributed by atoms with E-state index in [1.807, 2.05) is 0 Å². The minimum atomic E-state index is -3.45. The molecule has 4 N–H and O–H groups in total. The van der Waals surface area contributed by atoms with Crippen LogP contribution in [0, 0.1) is 5.41 Å². The number of sulfonamides is 1. The van der Waals surface area contributed by atoms with E-state index in [2.05, 4.69) is 23.9 Å². The first-order chi connectivity index (χ1) is 9.73. The molecule has 1 atom stereocenters. The maximum atomic E-state index is 11.9. The highest BCUT2D eigenvalue weighted by Crippen LogP contribution is 2.37. The molecule has 0 aromatic heterocycles. The molecule has 5 nitrogen and oxygen atoms in total. The van der Waals surface area contributed by atoms with Gasteiger partial charge in [-0.25, -0.2) is 13.1 Å². The second-order valence-corrected chi connectivity index (χ2v) is 8.44. The second-order valence-electron chi connectivity index (χ2n) is 6.56. The largest absolute Gasteiger partial charge is 0.397 e. The van der Waals surface area contributed by atoms with Gasteiger partial charge in [-0.1, -0.05) is 20.3 Å². The third-order valence-corrected chi connectivity index (χ3v) is 5.58. The van der Waals surface area contributed by atoms with Crippen LogP contribution < -0.4 is 15.8 Å². The van der Waals surface area contributed by atoms with Crippen molar-refractivity contribution in [1.82, 2.24) is 4.72 Å². The monoisotopic (exact) mass is 311 g/mol. The number of nitrogen functional groups attached to an aromatic ring is 1. The van der Waals surface area contributed by atoms with Gasteiger partial charge in [0.1, 0.15) is 0 Å². The van der Waals surface area contributed by atoms with Crippen molar-refractivity contribution in [2.45, 2.75) is 50.5 Å². The molecule has 0 saturated heterocycles. The molecule has 1 aliphatic rings. The normalized spacial score (nSPS) is 22.0. The summed E-state index contributed by atoms with van der Waals surface area (Å²) in [5.74, 6) is 0. The molecule has 1 aliphatic carbocycles. The average Bonchev–Trinajstić information content (AvgIpc) is 2.40. The summed E-state index contributed by atoms with van der Waals surface area (Å²) in [6.45, 7) is 4.54. The summed E-state index contributed by atoms with van der Waals surface area (Å²) in [7, 11) is -2.04. The minimum Gasteiger partial charge on any atom is -0.397 e. The van der Waals surface area contributed by atoms with E-state index >= 15 is 0 Å². The van der Waals surface area contributed by atoms with Gasteiger partial charge in [0.2, 0.25) is 10.0 Å². The molecule has 0 bridgehead atoms. The summed E-state index contributed by atoms with van der Waals surface area (Å²) in [5, 5.41) is 3.42. The Hall–Kier alpha value is -1.27. The summed E-state index contributed by atoms with van der Waals surface area (Å²) < 4.78 is 26.1. The van der Waals surface area contributed by atoms with Crippen LogP contribution in [-0.4, -0.2) is 21.5 Å². The van der Waals surface area contributed by atoms with Crippen LogP contribution in [0.15, 0.2) is 23.1 Å². The Morgan fingerprint density at radius 1 is 1.33 bits per heavy atom. The smallest absolute Gasteiger partial charge is 0.240 e. The highest BCUT2D eigenvalue weighted by Gasteiger charge is 2.28. The van der Waals surface area contributed by atoms with Crippen LogP contribution >= 0.6 is 0 Å².